The van der Waals surface area contributed by atoms with Crippen molar-refractivity contribution in [2.45, 2.75) is 174 Å². The molecule has 1 unspecified atom stereocenters. The molecule has 0 spiro atoms. The van der Waals surface area contributed by atoms with Crippen LogP contribution in [0.4, 0.5) is 0 Å². The minimum Gasteiger partial charge on any atom is -0.462 e. The predicted molar refractivity (Wildman–Crippen MR) is 196 cm³/mol. The lowest BCUT2D eigenvalue weighted by Crippen LogP contribution is -2.28. The number of aliphatic hydroxyl groups is 1. The van der Waals surface area contributed by atoms with E-state index in [1.54, 1.807) is 0 Å². The Kier molecular flexibility index (Phi) is 35.1. The summed E-state index contributed by atoms with van der Waals surface area (Å²) in [5, 5.41) is 9.53. The van der Waals surface area contributed by atoms with Gasteiger partial charge in [-0.05, 0) is 51.4 Å². The van der Waals surface area contributed by atoms with Crippen LogP contribution >= 0.6 is 0 Å². The number of esters is 2. The molecule has 0 fully saturated rings. The Morgan fingerprint density at radius 3 is 1.39 bits per heavy atom. The summed E-state index contributed by atoms with van der Waals surface area (Å²) in [5.41, 5.74) is 0. The summed E-state index contributed by atoms with van der Waals surface area (Å²) in [7, 11) is 0. The normalized spacial score (nSPS) is 12.8. The van der Waals surface area contributed by atoms with E-state index in [9.17, 15) is 14.7 Å². The van der Waals surface area contributed by atoms with Crippen molar-refractivity contribution in [3.63, 3.8) is 0 Å². The van der Waals surface area contributed by atoms with E-state index in [0.717, 1.165) is 57.8 Å². The highest BCUT2D eigenvalue weighted by Crippen LogP contribution is 2.14. The number of allylic oxidation sites excluding steroid dienone is 10. The van der Waals surface area contributed by atoms with E-state index in [2.05, 4.69) is 74.6 Å². The van der Waals surface area contributed by atoms with Crippen molar-refractivity contribution in [2.75, 3.05) is 13.2 Å². The van der Waals surface area contributed by atoms with Gasteiger partial charge in [-0.2, -0.15) is 0 Å². The number of rotatable bonds is 33. The maximum atomic E-state index is 12.1. The Morgan fingerprint density at radius 2 is 0.935 bits per heavy atom. The summed E-state index contributed by atoms with van der Waals surface area (Å²) < 4.78 is 10.5. The Bertz CT molecular complexity index is 823. The summed E-state index contributed by atoms with van der Waals surface area (Å²) in [5.74, 6) is -0.660. The summed E-state index contributed by atoms with van der Waals surface area (Å²) in [6.07, 6.45) is 47.1. The zero-order valence-electron chi connectivity index (χ0n) is 29.8. The fourth-order valence-electron chi connectivity index (χ4n) is 5.00. The largest absolute Gasteiger partial charge is 0.462 e. The SMILES string of the molecule is CCC=CCC=CCC=CCC=CCC=CCCCC(=O)OCC(CO)OC(=O)CCCCCCCCCCCCCCCCC. The molecule has 1 N–H and O–H groups in total. The van der Waals surface area contributed by atoms with Gasteiger partial charge in [-0.1, -0.05) is 164 Å². The minimum atomic E-state index is -0.793. The number of unbranched alkanes of at least 4 members (excludes halogenated alkanes) is 15. The summed E-state index contributed by atoms with van der Waals surface area (Å²) in [4.78, 5) is 24.2. The topological polar surface area (TPSA) is 72.8 Å². The highest BCUT2D eigenvalue weighted by Gasteiger charge is 2.16. The molecule has 0 aromatic heterocycles. The third kappa shape index (κ3) is 34.5. The van der Waals surface area contributed by atoms with E-state index < -0.39 is 6.10 Å². The maximum Gasteiger partial charge on any atom is 0.306 e. The van der Waals surface area contributed by atoms with Crippen molar-refractivity contribution in [3.8, 4) is 0 Å². The molecule has 0 aliphatic carbocycles. The summed E-state index contributed by atoms with van der Waals surface area (Å²) >= 11 is 0. The molecule has 0 aromatic carbocycles. The van der Waals surface area contributed by atoms with Gasteiger partial charge >= 0.3 is 11.9 Å². The minimum absolute atomic E-state index is 0.0956. The molecule has 0 radical (unpaired) electrons. The first-order valence-electron chi connectivity index (χ1n) is 18.8. The van der Waals surface area contributed by atoms with Gasteiger partial charge in [0.25, 0.3) is 0 Å². The van der Waals surface area contributed by atoms with Gasteiger partial charge in [-0.3, -0.25) is 9.59 Å². The average molecular weight is 643 g/mol. The molecule has 0 saturated carbocycles. The number of aliphatic hydroxyl groups excluding tert-OH is 1. The number of hydrogen-bond acceptors (Lipinski definition) is 5. The van der Waals surface area contributed by atoms with Crippen LogP contribution in [0.3, 0.4) is 0 Å². The number of ether oxygens (including phenoxy) is 2. The molecule has 0 amide bonds. The molecular weight excluding hydrogens is 572 g/mol. The van der Waals surface area contributed by atoms with Crippen molar-refractivity contribution in [3.05, 3.63) is 60.8 Å². The van der Waals surface area contributed by atoms with Crippen molar-refractivity contribution in [2.24, 2.45) is 0 Å². The van der Waals surface area contributed by atoms with Crippen LogP contribution in [0, 0.1) is 0 Å². The lowest BCUT2D eigenvalue weighted by molar-refractivity contribution is -0.161. The smallest absolute Gasteiger partial charge is 0.306 e. The van der Waals surface area contributed by atoms with Gasteiger partial charge in [0.05, 0.1) is 6.61 Å². The number of carbonyl (C=O) groups excluding carboxylic acids is 2. The van der Waals surface area contributed by atoms with E-state index in [-0.39, 0.29) is 25.2 Å². The van der Waals surface area contributed by atoms with Gasteiger partial charge in [0, 0.05) is 12.8 Å². The highest BCUT2D eigenvalue weighted by atomic mass is 16.6. The van der Waals surface area contributed by atoms with Crippen LogP contribution < -0.4 is 0 Å². The van der Waals surface area contributed by atoms with Crippen LogP contribution in [0.1, 0.15) is 168 Å². The van der Waals surface area contributed by atoms with Crippen LogP contribution in [-0.2, 0) is 19.1 Å². The van der Waals surface area contributed by atoms with Gasteiger partial charge in [-0.25, -0.2) is 0 Å². The molecule has 0 aliphatic heterocycles. The van der Waals surface area contributed by atoms with Crippen LogP contribution in [0.25, 0.3) is 0 Å². The quantitative estimate of drug-likeness (QED) is 0.0438. The van der Waals surface area contributed by atoms with Crippen LogP contribution in [0.5, 0.6) is 0 Å². The van der Waals surface area contributed by atoms with Crippen LogP contribution in [0.15, 0.2) is 60.8 Å². The van der Waals surface area contributed by atoms with Gasteiger partial charge < -0.3 is 14.6 Å². The molecule has 0 bridgehead atoms. The first-order valence-corrected chi connectivity index (χ1v) is 18.8. The monoisotopic (exact) mass is 643 g/mol. The lowest BCUT2D eigenvalue weighted by Gasteiger charge is -2.15. The fourth-order valence-corrected chi connectivity index (χ4v) is 5.00. The number of hydrogen-bond donors (Lipinski definition) is 1. The molecule has 0 saturated heterocycles. The van der Waals surface area contributed by atoms with Crippen LogP contribution in [0.2, 0.25) is 0 Å². The third-order valence-corrected chi connectivity index (χ3v) is 7.83. The second kappa shape index (κ2) is 37.1. The molecule has 5 nitrogen and oxygen atoms in total. The van der Waals surface area contributed by atoms with Crippen LogP contribution in [-0.4, -0.2) is 36.4 Å². The Morgan fingerprint density at radius 1 is 0.522 bits per heavy atom. The van der Waals surface area contributed by atoms with Gasteiger partial charge in [-0.15, -0.1) is 0 Å². The molecule has 0 aromatic rings. The average Bonchev–Trinajstić information content (AvgIpc) is 3.06. The standard InChI is InChI=1S/C41H70O5/c1-3-5-7-9-11-13-15-17-19-20-22-23-25-27-29-31-33-35-40(43)45-38-39(37-42)46-41(44)36-34-32-30-28-26-24-21-18-16-14-12-10-8-6-4-2/h5,7,11,13,17,19,22-23,27,29,39,42H,3-4,6,8-10,12,14-16,18,20-21,24-26,28,30-38H2,1-2H3. The van der Waals surface area contributed by atoms with Crippen molar-refractivity contribution < 1.29 is 24.2 Å². The van der Waals surface area contributed by atoms with Gasteiger partial charge in [0.2, 0.25) is 0 Å². The first kappa shape index (κ1) is 43.6. The Balaban J connectivity index is 3.67. The first-order chi connectivity index (χ1) is 22.6. The van der Waals surface area contributed by atoms with Crippen molar-refractivity contribution in [1.82, 2.24) is 0 Å². The Hall–Kier alpha value is -2.40. The van der Waals surface area contributed by atoms with Gasteiger partial charge in [0.15, 0.2) is 6.10 Å². The predicted octanol–water partition coefficient (Wildman–Crippen LogP) is 11.6. The van der Waals surface area contributed by atoms with Crippen molar-refractivity contribution in [1.29, 1.82) is 0 Å². The third-order valence-electron chi connectivity index (χ3n) is 7.83. The van der Waals surface area contributed by atoms with E-state index in [1.165, 1.54) is 77.0 Å². The molecular formula is C41H70O5. The fraction of sp³-hybridized carbons (Fsp3) is 0.707. The molecule has 0 rings (SSSR count). The summed E-state index contributed by atoms with van der Waals surface area (Å²) in [6, 6.07) is 0. The molecule has 46 heavy (non-hydrogen) atoms. The molecule has 1 atom stereocenters. The molecule has 0 aliphatic rings. The second-order valence-corrected chi connectivity index (χ2v) is 12.3. The second-order valence-electron chi connectivity index (χ2n) is 12.3. The summed E-state index contributed by atoms with van der Waals surface area (Å²) in [6.45, 7) is 3.97. The van der Waals surface area contributed by atoms with E-state index in [0.29, 0.717) is 19.3 Å². The maximum absolute atomic E-state index is 12.1. The lowest BCUT2D eigenvalue weighted by atomic mass is 10.0. The van der Waals surface area contributed by atoms with E-state index in [1.807, 2.05) is 0 Å². The molecule has 0 heterocycles. The zero-order valence-corrected chi connectivity index (χ0v) is 29.8. The zero-order chi connectivity index (χ0) is 33.6. The Labute approximate surface area is 283 Å². The van der Waals surface area contributed by atoms with E-state index >= 15 is 0 Å². The number of carbonyl (C=O) groups is 2. The van der Waals surface area contributed by atoms with Gasteiger partial charge in [0.1, 0.15) is 6.61 Å². The van der Waals surface area contributed by atoms with Crippen molar-refractivity contribution >= 4 is 11.9 Å². The molecule has 264 valence electrons. The highest BCUT2D eigenvalue weighted by molar-refractivity contribution is 5.70. The van der Waals surface area contributed by atoms with E-state index in [4.69, 9.17) is 9.47 Å². The molecule has 5 heteroatoms.